The summed E-state index contributed by atoms with van der Waals surface area (Å²) in [6.07, 6.45) is 0. The van der Waals surface area contributed by atoms with Crippen LogP contribution in [0.3, 0.4) is 0 Å². The molecule has 0 N–H and O–H groups in total. The SMILES string of the molecule is c1ccc(C2=C3C(=C(c4cccc(-c5ccccc5)c4)c4cc(-c5ccccc5)c(-c5ccccc5)cc43)C(c3cccc(-c4ccccc4)c3)=C2c2cccc(-c3ccccc3)c2)cc1. The highest BCUT2D eigenvalue weighted by Crippen LogP contribution is 2.63. The summed E-state index contributed by atoms with van der Waals surface area (Å²) < 4.78 is 0. The second kappa shape index (κ2) is 16.8. The normalized spacial score (nSPS) is 13.0. The van der Waals surface area contributed by atoms with E-state index in [9.17, 15) is 0 Å². The summed E-state index contributed by atoms with van der Waals surface area (Å²) in [6, 6.07) is 97.9. The minimum atomic E-state index is 1.19. The molecule has 66 heavy (non-hydrogen) atoms. The lowest BCUT2D eigenvalue weighted by Crippen LogP contribution is -1.98. The number of hydrogen-bond donors (Lipinski definition) is 0. The second-order valence-electron chi connectivity index (χ2n) is 17.1. The molecule has 2 aliphatic rings. The van der Waals surface area contributed by atoms with Gasteiger partial charge in [0, 0.05) is 0 Å². The van der Waals surface area contributed by atoms with Crippen LogP contribution in [0.5, 0.6) is 0 Å². The molecular weight excluding hydrogens is 793 g/mol. The molecule has 0 nitrogen and oxygen atoms in total. The lowest BCUT2D eigenvalue weighted by Gasteiger charge is -2.19. The molecule has 308 valence electrons. The Bertz CT molecular complexity index is 3500. The van der Waals surface area contributed by atoms with Crippen LogP contribution in [0, 0.1) is 0 Å². The average Bonchev–Trinajstić information content (AvgIpc) is 3.92. The first kappa shape index (κ1) is 39.0. The maximum absolute atomic E-state index is 2.50. The summed E-state index contributed by atoms with van der Waals surface area (Å²) >= 11 is 0. The molecule has 0 aromatic heterocycles. The van der Waals surface area contributed by atoms with Crippen LogP contribution in [0.15, 0.2) is 272 Å². The van der Waals surface area contributed by atoms with E-state index >= 15 is 0 Å². The summed E-state index contributed by atoms with van der Waals surface area (Å²) in [5.74, 6) is 0. The first-order valence-corrected chi connectivity index (χ1v) is 22.8. The highest BCUT2D eigenvalue weighted by atomic mass is 14.4. The smallest absolute Gasteiger partial charge is 0.000137 e. The van der Waals surface area contributed by atoms with Crippen molar-refractivity contribution >= 4 is 27.9 Å². The predicted molar refractivity (Wildman–Crippen MR) is 279 cm³/mol. The average molecular weight is 837 g/mol. The van der Waals surface area contributed by atoms with Gasteiger partial charge >= 0.3 is 0 Å². The van der Waals surface area contributed by atoms with Gasteiger partial charge in [-0.25, -0.2) is 0 Å². The molecule has 0 heteroatoms. The molecule has 0 aliphatic heterocycles. The Labute approximate surface area is 387 Å². The number of benzene rings is 10. The zero-order valence-corrected chi connectivity index (χ0v) is 36.4. The van der Waals surface area contributed by atoms with Gasteiger partial charge in [-0.3, -0.25) is 0 Å². The highest BCUT2D eigenvalue weighted by Gasteiger charge is 2.41. The summed E-state index contributed by atoms with van der Waals surface area (Å²) in [4.78, 5) is 0. The zero-order chi connectivity index (χ0) is 43.8. The molecule has 0 saturated carbocycles. The van der Waals surface area contributed by atoms with Gasteiger partial charge in [0.05, 0.1) is 0 Å². The van der Waals surface area contributed by atoms with Crippen LogP contribution in [-0.4, -0.2) is 0 Å². The third kappa shape index (κ3) is 6.97. The molecule has 0 amide bonds. The van der Waals surface area contributed by atoms with Crippen molar-refractivity contribution in [1.29, 1.82) is 0 Å². The van der Waals surface area contributed by atoms with E-state index < -0.39 is 0 Å². The Morgan fingerprint density at radius 3 is 0.758 bits per heavy atom. The minimum Gasteiger partial charge on any atom is -0.0622 e. The van der Waals surface area contributed by atoms with E-state index in [1.807, 2.05) is 0 Å². The fourth-order valence-corrected chi connectivity index (χ4v) is 10.2. The molecule has 0 unspecified atom stereocenters. The lowest BCUT2D eigenvalue weighted by molar-refractivity contribution is 1.51. The first-order chi connectivity index (χ1) is 32.8. The number of allylic oxidation sites excluding steroid dienone is 5. The van der Waals surface area contributed by atoms with Crippen LogP contribution in [-0.2, 0) is 0 Å². The standard InChI is InChI=1S/C66H44/c1-7-22-45(23-8-1)51-34-19-37-54(40-51)61-59-43-57(48-28-13-4-14-29-48)58(49-30-15-5-16-31-49)44-60(59)65-62(50-32-17-6-18-33-50)63(55-38-20-35-52(41-55)46-24-9-2-10-25-46)64(66(61)65)56-39-21-36-53(42-56)47-26-11-3-12-27-47/h1-44H. The molecule has 10 aromatic carbocycles. The van der Waals surface area contributed by atoms with Crippen molar-refractivity contribution < 1.29 is 0 Å². The Hall–Kier alpha value is -8.58. The summed E-state index contributed by atoms with van der Waals surface area (Å²) in [6.45, 7) is 0. The van der Waals surface area contributed by atoms with E-state index in [0.29, 0.717) is 0 Å². The van der Waals surface area contributed by atoms with E-state index in [-0.39, 0.29) is 0 Å². The number of rotatable bonds is 9. The van der Waals surface area contributed by atoms with Crippen LogP contribution < -0.4 is 0 Å². The molecule has 2 aliphatic carbocycles. The van der Waals surface area contributed by atoms with E-state index in [4.69, 9.17) is 0 Å². The maximum atomic E-state index is 2.50. The fourth-order valence-electron chi connectivity index (χ4n) is 10.2. The monoisotopic (exact) mass is 836 g/mol. The second-order valence-corrected chi connectivity index (χ2v) is 17.1. The largest absolute Gasteiger partial charge is 0.0622 e. The molecule has 0 saturated heterocycles. The van der Waals surface area contributed by atoms with E-state index in [2.05, 4.69) is 267 Å². The van der Waals surface area contributed by atoms with Gasteiger partial charge in [-0.05, 0) is 153 Å². The van der Waals surface area contributed by atoms with E-state index in [0.717, 1.165) is 0 Å². The summed E-state index contributed by atoms with van der Waals surface area (Å²) in [5, 5.41) is 0. The van der Waals surface area contributed by atoms with Crippen molar-refractivity contribution in [2.75, 3.05) is 0 Å². The van der Waals surface area contributed by atoms with Gasteiger partial charge in [0.15, 0.2) is 0 Å². The van der Waals surface area contributed by atoms with Gasteiger partial charge in [0.2, 0.25) is 0 Å². The summed E-state index contributed by atoms with van der Waals surface area (Å²) in [7, 11) is 0. The molecule has 0 spiro atoms. The number of fused-ring (bicyclic) bond motifs is 3. The Kier molecular flexibility index (Phi) is 9.97. The fraction of sp³-hybridized carbons (Fsp3) is 0. The maximum Gasteiger partial charge on any atom is -0.000137 e. The molecular formula is C66H44. The van der Waals surface area contributed by atoms with Gasteiger partial charge in [-0.1, -0.05) is 237 Å². The third-order valence-electron chi connectivity index (χ3n) is 13.2. The van der Waals surface area contributed by atoms with Crippen LogP contribution in [0.1, 0.15) is 33.4 Å². The van der Waals surface area contributed by atoms with Gasteiger partial charge in [-0.15, -0.1) is 0 Å². The Balaban J connectivity index is 1.25. The van der Waals surface area contributed by atoms with E-state index in [1.54, 1.807) is 0 Å². The molecule has 0 fully saturated rings. The Morgan fingerprint density at radius 2 is 0.379 bits per heavy atom. The van der Waals surface area contributed by atoms with Crippen molar-refractivity contribution in [2.24, 2.45) is 0 Å². The first-order valence-electron chi connectivity index (χ1n) is 22.8. The molecule has 0 radical (unpaired) electrons. The van der Waals surface area contributed by atoms with Crippen molar-refractivity contribution in [2.45, 2.75) is 0 Å². The number of hydrogen-bond acceptors (Lipinski definition) is 0. The molecule has 0 atom stereocenters. The topological polar surface area (TPSA) is 0 Å². The van der Waals surface area contributed by atoms with Crippen molar-refractivity contribution in [3.05, 3.63) is 306 Å². The van der Waals surface area contributed by atoms with Crippen molar-refractivity contribution in [1.82, 2.24) is 0 Å². The molecule has 0 heterocycles. The molecule has 10 aromatic rings. The lowest BCUT2D eigenvalue weighted by atomic mass is 9.83. The molecule has 12 rings (SSSR count). The highest BCUT2D eigenvalue weighted by molar-refractivity contribution is 6.39. The van der Waals surface area contributed by atoms with Crippen LogP contribution in [0.4, 0.5) is 0 Å². The van der Waals surface area contributed by atoms with Crippen LogP contribution in [0.25, 0.3) is 83.5 Å². The quantitative estimate of drug-likeness (QED) is 0.136. The minimum absolute atomic E-state index is 1.19. The van der Waals surface area contributed by atoms with Crippen molar-refractivity contribution in [3.63, 3.8) is 0 Å². The van der Waals surface area contributed by atoms with Gasteiger partial charge in [0.25, 0.3) is 0 Å². The molecule has 0 bridgehead atoms. The third-order valence-corrected chi connectivity index (χ3v) is 13.2. The van der Waals surface area contributed by atoms with E-state index in [1.165, 1.54) is 122 Å². The Morgan fingerprint density at radius 1 is 0.121 bits per heavy atom. The van der Waals surface area contributed by atoms with Gasteiger partial charge in [-0.2, -0.15) is 0 Å². The van der Waals surface area contributed by atoms with Crippen LogP contribution >= 0.6 is 0 Å². The van der Waals surface area contributed by atoms with Gasteiger partial charge < -0.3 is 0 Å². The van der Waals surface area contributed by atoms with Crippen LogP contribution in [0.2, 0.25) is 0 Å². The van der Waals surface area contributed by atoms with Gasteiger partial charge in [0.1, 0.15) is 0 Å². The summed E-state index contributed by atoms with van der Waals surface area (Å²) in [5.41, 5.74) is 26.7. The zero-order valence-electron chi connectivity index (χ0n) is 36.4. The predicted octanol–water partition coefficient (Wildman–Crippen LogP) is 17.4. The van der Waals surface area contributed by atoms with Crippen molar-refractivity contribution in [3.8, 4) is 55.6 Å².